The van der Waals surface area contributed by atoms with Crippen LogP contribution >= 0.6 is 0 Å². The molecule has 2 N–H and O–H groups in total. The van der Waals surface area contributed by atoms with Crippen molar-refractivity contribution in [2.45, 2.75) is 50.8 Å². The van der Waals surface area contributed by atoms with Crippen LogP contribution in [0.2, 0.25) is 0 Å². The average Bonchev–Trinajstić information content (AvgIpc) is 3.52. The Bertz CT molecular complexity index is 1530. The summed E-state index contributed by atoms with van der Waals surface area (Å²) >= 11 is 0. The maximum atomic E-state index is 15.5. The van der Waals surface area contributed by atoms with Crippen LogP contribution in [0.4, 0.5) is 10.3 Å². The van der Waals surface area contributed by atoms with E-state index in [1.54, 1.807) is 17.9 Å². The summed E-state index contributed by atoms with van der Waals surface area (Å²) in [5, 5.41) is 17.5. The predicted molar refractivity (Wildman–Crippen MR) is 148 cm³/mol. The predicted octanol–water partition coefficient (Wildman–Crippen LogP) is 3.92. The van der Waals surface area contributed by atoms with Gasteiger partial charge in [-0.05, 0) is 56.4 Å². The summed E-state index contributed by atoms with van der Waals surface area (Å²) in [4.78, 5) is 24.8. The molecule has 1 aliphatic heterocycles. The van der Waals surface area contributed by atoms with E-state index < -0.39 is 17.3 Å². The molecule has 4 aromatic rings. The molecule has 0 spiro atoms. The molecule has 1 aliphatic carbocycles. The Morgan fingerprint density at radius 2 is 2.00 bits per heavy atom. The molecule has 6 rings (SSSR count). The van der Waals surface area contributed by atoms with Crippen LogP contribution in [0.15, 0.2) is 42.9 Å². The van der Waals surface area contributed by atoms with E-state index in [0.29, 0.717) is 24.4 Å². The molecule has 1 saturated heterocycles. The summed E-state index contributed by atoms with van der Waals surface area (Å²) in [6.07, 6.45) is 7.36. The van der Waals surface area contributed by atoms with Crippen LogP contribution in [0.1, 0.15) is 54.6 Å². The first-order chi connectivity index (χ1) is 19.3. The van der Waals surface area contributed by atoms with Crippen LogP contribution in [0.3, 0.4) is 0 Å². The van der Waals surface area contributed by atoms with Crippen LogP contribution in [-0.4, -0.2) is 72.1 Å². The van der Waals surface area contributed by atoms with E-state index in [1.807, 2.05) is 17.6 Å². The second-order valence-electron chi connectivity index (χ2n) is 11.1. The number of benzene rings is 1. The number of aryl methyl sites for hydroxylation is 1. The molecule has 0 radical (unpaired) electrons. The van der Waals surface area contributed by atoms with Gasteiger partial charge in [0, 0.05) is 50.7 Å². The lowest BCUT2D eigenvalue weighted by Gasteiger charge is -2.34. The van der Waals surface area contributed by atoms with Crippen molar-refractivity contribution in [1.82, 2.24) is 29.2 Å². The number of nitrogens with one attached hydrogen (secondary N) is 1. The molecule has 1 aromatic carbocycles. The molecule has 4 heterocycles. The molecule has 210 valence electrons. The molecule has 3 aromatic heterocycles. The molecule has 0 unspecified atom stereocenters. The Hall–Kier alpha value is -3.67. The molecular weight excluding hydrogens is 513 g/mol. The number of ether oxygens (including phenoxy) is 1. The van der Waals surface area contributed by atoms with Gasteiger partial charge in [0.1, 0.15) is 5.69 Å². The number of rotatable bonds is 6. The van der Waals surface area contributed by atoms with Gasteiger partial charge >= 0.3 is 0 Å². The van der Waals surface area contributed by atoms with Crippen LogP contribution in [0, 0.1) is 5.82 Å². The van der Waals surface area contributed by atoms with E-state index in [9.17, 15) is 9.90 Å². The second-order valence-corrected chi connectivity index (χ2v) is 11.1. The van der Waals surface area contributed by atoms with Gasteiger partial charge in [-0.2, -0.15) is 5.10 Å². The third-order valence-corrected chi connectivity index (χ3v) is 8.00. The number of aromatic nitrogens is 5. The standard InChI is InChI=1S/C29H34FN7O3/c1-29(39)8-5-21(6-9-29)37-24-4-3-19(17-36-11-13-40-14-12-36)15-23(24)33-28(37)34-27(38)22-7-10-31-26(25(22)30)20-16-32-35(2)18-20/h3-4,7,10,15-16,18,21,39H,5-6,8-9,11-14,17H2,1-2H3,(H,33,34,38)/t21-,29+. The number of pyridine rings is 1. The van der Waals surface area contributed by atoms with Crippen molar-refractivity contribution in [3.05, 3.63) is 59.8 Å². The normalized spacial score (nSPS) is 22.1. The number of nitrogens with zero attached hydrogens (tertiary/aromatic N) is 6. The zero-order valence-electron chi connectivity index (χ0n) is 22.8. The van der Waals surface area contributed by atoms with Gasteiger partial charge in [0.25, 0.3) is 5.91 Å². The lowest BCUT2D eigenvalue weighted by atomic mass is 9.83. The third kappa shape index (κ3) is 5.36. The zero-order valence-corrected chi connectivity index (χ0v) is 22.8. The number of imidazole rings is 1. The van der Waals surface area contributed by atoms with Crippen LogP contribution in [0.5, 0.6) is 0 Å². The van der Waals surface area contributed by atoms with Gasteiger partial charge in [-0.1, -0.05) is 6.07 Å². The summed E-state index contributed by atoms with van der Waals surface area (Å²) in [5.74, 6) is -0.940. The first-order valence-electron chi connectivity index (χ1n) is 13.8. The van der Waals surface area contributed by atoms with Crippen molar-refractivity contribution < 1.29 is 19.0 Å². The van der Waals surface area contributed by atoms with Gasteiger partial charge in [-0.3, -0.25) is 24.7 Å². The highest BCUT2D eigenvalue weighted by molar-refractivity contribution is 6.05. The van der Waals surface area contributed by atoms with Gasteiger partial charge in [0.05, 0.1) is 41.6 Å². The number of hydrogen-bond donors (Lipinski definition) is 2. The fourth-order valence-corrected chi connectivity index (χ4v) is 5.73. The number of hydrogen-bond acceptors (Lipinski definition) is 7. The van der Waals surface area contributed by atoms with Crippen molar-refractivity contribution in [3.8, 4) is 11.3 Å². The molecule has 0 bridgehead atoms. The molecular formula is C29H34FN7O3. The minimum atomic E-state index is -0.711. The van der Waals surface area contributed by atoms with Crippen molar-refractivity contribution in [1.29, 1.82) is 0 Å². The number of fused-ring (bicyclic) bond motifs is 1. The number of anilines is 1. The zero-order chi connectivity index (χ0) is 27.9. The van der Waals surface area contributed by atoms with Crippen LogP contribution < -0.4 is 5.32 Å². The monoisotopic (exact) mass is 547 g/mol. The van der Waals surface area contributed by atoms with Gasteiger partial charge in [0.15, 0.2) is 5.82 Å². The SMILES string of the molecule is Cn1cc(-c2nccc(C(=O)Nc3nc4cc(CN5CCOCC5)ccc4n3[C@H]3CC[C@@](C)(O)CC3)c2F)cn1. The average molecular weight is 548 g/mol. The number of amides is 1. The Morgan fingerprint density at radius 1 is 1.23 bits per heavy atom. The minimum absolute atomic E-state index is 0.0406. The van der Waals surface area contributed by atoms with Gasteiger partial charge in [-0.15, -0.1) is 0 Å². The van der Waals surface area contributed by atoms with E-state index >= 15 is 4.39 Å². The smallest absolute Gasteiger partial charge is 0.261 e. The first-order valence-corrected chi connectivity index (χ1v) is 13.8. The molecule has 11 heteroatoms. The highest BCUT2D eigenvalue weighted by Gasteiger charge is 2.32. The highest BCUT2D eigenvalue weighted by atomic mass is 19.1. The third-order valence-electron chi connectivity index (χ3n) is 8.00. The molecule has 40 heavy (non-hydrogen) atoms. The second kappa shape index (κ2) is 10.7. The summed E-state index contributed by atoms with van der Waals surface area (Å²) in [6.45, 7) is 5.88. The molecule has 1 saturated carbocycles. The van der Waals surface area contributed by atoms with Crippen LogP contribution in [-0.2, 0) is 18.3 Å². The first kappa shape index (κ1) is 26.5. The molecule has 2 aliphatic rings. The van der Waals surface area contributed by atoms with Crippen molar-refractivity contribution in [2.24, 2.45) is 7.05 Å². The largest absolute Gasteiger partial charge is 0.390 e. The summed E-state index contributed by atoms with van der Waals surface area (Å²) < 4.78 is 24.6. The number of carbonyl (C=O) groups excluding carboxylic acids is 1. The van der Waals surface area contributed by atoms with E-state index in [-0.39, 0.29) is 17.3 Å². The van der Waals surface area contributed by atoms with E-state index in [2.05, 4.69) is 32.4 Å². The van der Waals surface area contributed by atoms with Crippen molar-refractivity contribution in [3.63, 3.8) is 0 Å². The Labute approximate surface area is 231 Å². The maximum absolute atomic E-state index is 15.5. The Morgan fingerprint density at radius 3 is 2.73 bits per heavy atom. The minimum Gasteiger partial charge on any atom is -0.390 e. The number of carbonyl (C=O) groups is 1. The summed E-state index contributed by atoms with van der Waals surface area (Å²) in [6, 6.07) is 7.62. The molecule has 2 fully saturated rings. The highest BCUT2D eigenvalue weighted by Crippen LogP contribution is 2.38. The van der Waals surface area contributed by atoms with Crippen molar-refractivity contribution >= 4 is 22.9 Å². The molecule has 0 atom stereocenters. The van der Waals surface area contributed by atoms with Gasteiger partial charge < -0.3 is 14.4 Å². The summed E-state index contributed by atoms with van der Waals surface area (Å²) in [7, 11) is 1.74. The van der Waals surface area contributed by atoms with Gasteiger partial charge in [0.2, 0.25) is 5.95 Å². The molecule has 10 nitrogen and oxygen atoms in total. The Kier molecular flexibility index (Phi) is 7.11. The number of morpholine rings is 1. The number of halogens is 1. The number of aliphatic hydroxyl groups is 1. The Balaban J connectivity index is 1.33. The van der Waals surface area contributed by atoms with Gasteiger partial charge in [-0.25, -0.2) is 9.37 Å². The van der Waals surface area contributed by atoms with Crippen molar-refractivity contribution in [2.75, 3.05) is 31.6 Å². The van der Waals surface area contributed by atoms with Crippen LogP contribution in [0.25, 0.3) is 22.3 Å². The summed E-state index contributed by atoms with van der Waals surface area (Å²) in [5.41, 5.74) is 2.53. The fourth-order valence-electron chi connectivity index (χ4n) is 5.73. The van der Waals surface area contributed by atoms with E-state index in [0.717, 1.165) is 62.3 Å². The fraction of sp³-hybridized carbons (Fsp3) is 0.448. The lowest BCUT2D eigenvalue weighted by molar-refractivity contribution is 0.0106. The topological polar surface area (TPSA) is 110 Å². The van der Waals surface area contributed by atoms with E-state index in [4.69, 9.17) is 9.72 Å². The lowest BCUT2D eigenvalue weighted by Crippen LogP contribution is -2.35. The van der Waals surface area contributed by atoms with E-state index in [1.165, 1.54) is 18.5 Å². The molecule has 1 amide bonds. The maximum Gasteiger partial charge on any atom is 0.261 e. The quantitative estimate of drug-likeness (QED) is 0.377.